The van der Waals surface area contributed by atoms with Crippen molar-refractivity contribution in [1.82, 2.24) is 5.32 Å². The molecule has 0 aromatic carbocycles. The van der Waals surface area contributed by atoms with E-state index in [-0.39, 0.29) is 5.91 Å². The summed E-state index contributed by atoms with van der Waals surface area (Å²) in [5.41, 5.74) is 0. The topological polar surface area (TPSA) is 38.3 Å². The molecule has 0 aromatic rings. The van der Waals surface area contributed by atoms with E-state index >= 15 is 0 Å². The number of allylic oxidation sites excluding steroid dienone is 12. The second-order valence-corrected chi connectivity index (χ2v) is 6.42. The lowest BCUT2D eigenvalue weighted by molar-refractivity contribution is -0.121. The highest BCUT2D eigenvalue weighted by atomic mass is 16.5. The maximum absolute atomic E-state index is 11.5. The molecule has 0 aromatic heterocycles. The average Bonchev–Trinajstić information content (AvgIpc) is 2.73. The molecule has 3 heteroatoms. The third kappa shape index (κ3) is 23.8. The Morgan fingerprint density at radius 3 is 1.66 bits per heavy atom. The maximum atomic E-state index is 11.5. The first-order valence-electron chi connectivity index (χ1n) is 10.8. The Morgan fingerprint density at radius 2 is 1.21 bits per heavy atom. The lowest BCUT2D eigenvalue weighted by Crippen LogP contribution is -2.26. The van der Waals surface area contributed by atoms with Crippen molar-refractivity contribution in [3.63, 3.8) is 0 Å². The van der Waals surface area contributed by atoms with Crippen molar-refractivity contribution in [2.75, 3.05) is 19.8 Å². The molecule has 0 rings (SSSR count). The molecule has 0 aliphatic rings. The van der Waals surface area contributed by atoms with E-state index in [1.54, 1.807) is 0 Å². The zero-order valence-electron chi connectivity index (χ0n) is 18.2. The van der Waals surface area contributed by atoms with Gasteiger partial charge in [0.05, 0.1) is 6.61 Å². The number of hydrogen-bond donors (Lipinski definition) is 1. The first kappa shape index (κ1) is 26.9. The van der Waals surface area contributed by atoms with Crippen LogP contribution in [-0.2, 0) is 9.53 Å². The van der Waals surface area contributed by atoms with E-state index in [2.05, 4.69) is 92.1 Å². The summed E-state index contributed by atoms with van der Waals surface area (Å²) in [6.07, 6.45) is 33.4. The SMILES string of the molecule is [CH2]COCCNC(=O)CC/C=C\C/C=C\C/C=C\C/C=C\C/C=C\C/C=C\CC. The molecule has 161 valence electrons. The van der Waals surface area contributed by atoms with Gasteiger partial charge in [-0.2, -0.15) is 0 Å². The van der Waals surface area contributed by atoms with Gasteiger partial charge in [-0.3, -0.25) is 4.79 Å². The van der Waals surface area contributed by atoms with Gasteiger partial charge in [-0.15, -0.1) is 0 Å². The monoisotopic (exact) mass is 398 g/mol. The molecular weight excluding hydrogens is 358 g/mol. The Balaban J connectivity index is 3.54. The van der Waals surface area contributed by atoms with E-state index in [4.69, 9.17) is 4.74 Å². The predicted molar refractivity (Wildman–Crippen MR) is 127 cm³/mol. The van der Waals surface area contributed by atoms with Gasteiger partial charge < -0.3 is 10.1 Å². The minimum atomic E-state index is 0.0668. The molecule has 0 saturated heterocycles. The van der Waals surface area contributed by atoms with Crippen LogP contribution in [0.3, 0.4) is 0 Å². The Kier molecular flexibility index (Phi) is 22.2. The molecule has 3 nitrogen and oxygen atoms in total. The van der Waals surface area contributed by atoms with E-state index < -0.39 is 0 Å². The number of amides is 1. The minimum absolute atomic E-state index is 0.0668. The van der Waals surface area contributed by atoms with Gasteiger partial charge in [-0.25, -0.2) is 0 Å². The zero-order valence-corrected chi connectivity index (χ0v) is 18.2. The highest BCUT2D eigenvalue weighted by Gasteiger charge is 1.97. The molecule has 0 aliphatic heterocycles. The Labute approximate surface area is 179 Å². The fraction of sp³-hybridized carbons (Fsp3) is 0.462. The molecule has 0 aliphatic carbocycles. The van der Waals surface area contributed by atoms with Crippen LogP contribution in [-0.4, -0.2) is 25.7 Å². The fourth-order valence-electron chi connectivity index (χ4n) is 2.31. The van der Waals surface area contributed by atoms with Gasteiger partial charge in [0.15, 0.2) is 0 Å². The van der Waals surface area contributed by atoms with Crippen LogP contribution in [0.15, 0.2) is 72.9 Å². The van der Waals surface area contributed by atoms with E-state index in [1.165, 1.54) is 0 Å². The molecule has 1 N–H and O–H groups in total. The number of ether oxygens (including phenoxy) is 1. The van der Waals surface area contributed by atoms with Crippen molar-refractivity contribution < 1.29 is 9.53 Å². The van der Waals surface area contributed by atoms with Gasteiger partial charge in [0.1, 0.15) is 0 Å². The van der Waals surface area contributed by atoms with Crippen LogP contribution in [0.1, 0.15) is 58.3 Å². The smallest absolute Gasteiger partial charge is 0.220 e. The van der Waals surface area contributed by atoms with Crippen molar-refractivity contribution in [3.05, 3.63) is 79.8 Å². The molecule has 0 spiro atoms. The van der Waals surface area contributed by atoms with Crippen LogP contribution in [0.25, 0.3) is 0 Å². The van der Waals surface area contributed by atoms with E-state index in [0.29, 0.717) is 26.2 Å². The number of hydrogen-bond acceptors (Lipinski definition) is 2. The Hall–Kier alpha value is -2.13. The maximum Gasteiger partial charge on any atom is 0.220 e. The standard InChI is InChI=1S/C26H40NO2/c1-3-5-6-7-8-9-10-11-12-13-14-15-16-17-18-19-20-21-22-23-26(28)27-24-25-29-4-2/h5-6,8-9,11-12,14-15,17-18,20-21H,2-4,7,10,13,16,19,22-25H2,1H3,(H,27,28)/b6-5-,9-8-,12-11-,15-14-,18-17-,21-20-. The van der Waals surface area contributed by atoms with Crippen molar-refractivity contribution in [3.8, 4) is 0 Å². The number of nitrogens with one attached hydrogen (secondary N) is 1. The molecular formula is C26H40NO2. The van der Waals surface area contributed by atoms with E-state index in [1.807, 2.05) is 0 Å². The van der Waals surface area contributed by atoms with Crippen LogP contribution in [0.2, 0.25) is 0 Å². The number of rotatable bonds is 18. The van der Waals surface area contributed by atoms with Crippen molar-refractivity contribution in [2.24, 2.45) is 0 Å². The molecule has 0 fully saturated rings. The molecule has 0 unspecified atom stereocenters. The molecule has 0 atom stereocenters. The first-order chi connectivity index (χ1) is 14.3. The van der Waals surface area contributed by atoms with Crippen LogP contribution >= 0.6 is 0 Å². The molecule has 0 heterocycles. The summed E-state index contributed by atoms with van der Waals surface area (Å²) >= 11 is 0. The molecule has 0 bridgehead atoms. The summed E-state index contributed by atoms with van der Waals surface area (Å²) in [6.45, 7) is 7.24. The quantitative estimate of drug-likeness (QED) is 0.213. The Bertz CT molecular complexity index is 539. The molecule has 29 heavy (non-hydrogen) atoms. The van der Waals surface area contributed by atoms with Gasteiger partial charge in [0.25, 0.3) is 0 Å². The number of carbonyl (C=O) groups is 1. The number of carbonyl (C=O) groups excluding carboxylic acids is 1. The zero-order chi connectivity index (χ0) is 21.3. The largest absolute Gasteiger partial charge is 0.380 e. The summed E-state index contributed by atoms with van der Waals surface area (Å²) < 4.78 is 5.07. The van der Waals surface area contributed by atoms with Crippen LogP contribution in [0, 0.1) is 6.92 Å². The van der Waals surface area contributed by atoms with E-state index in [0.717, 1.165) is 44.9 Å². The molecule has 0 saturated carbocycles. The normalized spacial score (nSPS) is 12.8. The van der Waals surface area contributed by atoms with Gasteiger partial charge in [-0.1, -0.05) is 79.8 Å². The highest BCUT2D eigenvalue weighted by Crippen LogP contribution is 1.97. The van der Waals surface area contributed by atoms with Crippen LogP contribution in [0.4, 0.5) is 0 Å². The van der Waals surface area contributed by atoms with Crippen molar-refractivity contribution in [2.45, 2.75) is 58.3 Å². The third-order valence-electron chi connectivity index (χ3n) is 3.85. The second-order valence-electron chi connectivity index (χ2n) is 6.42. The lowest BCUT2D eigenvalue weighted by atomic mass is 10.2. The minimum Gasteiger partial charge on any atom is -0.380 e. The summed E-state index contributed by atoms with van der Waals surface area (Å²) in [4.78, 5) is 11.5. The predicted octanol–water partition coefficient (Wildman–Crippen LogP) is 6.43. The average molecular weight is 399 g/mol. The first-order valence-corrected chi connectivity index (χ1v) is 10.8. The molecule has 1 radical (unpaired) electrons. The second kappa shape index (κ2) is 23.9. The van der Waals surface area contributed by atoms with Crippen LogP contribution < -0.4 is 5.32 Å². The Morgan fingerprint density at radius 1 is 0.759 bits per heavy atom. The van der Waals surface area contributed by atoms with Gasteiger partial charge in [-0.05, 0) is 51.9 Å². The van der Waals surface area contributed by atoms with Crippen molar-refractivity contribution in [1.29, 1.82) is 0 Å². The molecule has 1 amide bonds. The van der Waals surface area contributed by atoms with Gasteiger partial charge >= 0.3 is 0 Å². The summed E-state index contributed by atoms with van der Waals surface area (Å²) in [6, 6.07) is 0. The summed E-state index contributed by atoms with van der Waals surface area (Å²) in [7, 11) is 0. The van der Waals surface area contributed by atoms with Crippen LogP contribution in [0.5, 0.6) is 0 Å². The van der Waals surface area contributed by atoms with Crippen molar-refractivity contribution >= 4 is 5.91 Å². The summed E-state index contributed by atoms with van der Waals surface area (Å²) in [5, 5.41) is 2.82. The lowest BCUT2D eigenvalue weighted by Gasteiger charge is -2.03. The summed E-state index contributed by atoms with van der Waals surface area (Å²) in [5.74, 6) is 0.0668. The van der Waals surface area contributed by atoms with Gasteiger partial charge in [0, 0.05) is 19.6 Å². The van der Waals surface area contributed by atoms with E-state index in [9.17, 15) is 4.79 Å². The van der Waals surface area contributed by atoms with Gasteiger partial charge in [0.2, 0.25) is 5.91 Å². The highest BCUT2D eigenvalue weighted by molar-refractivity contribution is 5.75. The third-order valence-corrected chi connectivity index (χ3v) is 3.85. The fourth-order valence-corrected chi connectivity index (χ4v) is 2.31.